The van der Waals surface area contributed by atoms with Gasteiger partial charge in [0.2, 0.25) is 0 Å². The van der Waals surface area contributed by atoms with Gasteiger partial charge in [-0.2, -0.15) is 0 Å². The number of rotatable bonds is 3. The molecule has 0 heterocycles. The Kier molecular flexibility index (Phi) is 8.32. The summed E-state index contributed by atoms with van der Waals surface area (Å²) in [5, 5.41) is 0. The van der Waals surface area contributed by atoms with E-state index >= 15 is 0 Å². The average molecular weight is 313 g/mol. The zero-order valence-electron chi connectivity index (χ0n) is 13.7. The third-order valence-electron chi connectivity index (χ3n) is 2.77. The van der Waals surface area contributed by atoms with Crippen molar-refractivity contribution >= 4 is 23.8 Å². The van der Waals surface area contributed by atoms with Crippen molar-refractivity contribution in [2.75, 3.05) is 5.88 Å². The summed E-state index contributed by atoms with van der Waals surface area (Å²) < 4.78 is 0. The van der Waals surface area contributed by atoms with E-state index in [0.29, 0.717) is 5.88 Å². The van der Waals surface area contributed by atoms with Gasteiger partial charge in [0.1, 0.15) is 0 Å². The molecule has 0 aliphatic heterocycles. The van der Waals surface area contributed by atoms with Crippen LogP contribution in [0.2, 0.25) is 0 Å². The van der Waals surface area contributed by atoms with E-state index in [1.807, 2.05) is 48.6 Å². The van der Waals surface area contributed by atoms with E-state index in [1.165, 1.54) is 11.1 Å². The number of halogens is 1. The van der Waals surface area contributed by atoms with Gasteiger partial charge in [0.15, 0.2) is 0 Å². The molecule has 22 heavy (non-hydrogen) atoms. The highest BCUT2D eigenvalue weighted by Gasteiger charge is 2.02. The molecule has 0 radical (unpaired) electrons. The molecular formula is C21H25Cl. The van der Waals surface area contributed by atoms with Gasteiger partial charge in [-0.05, 0) is 16.5 Å². The predicted molar refractivity (Wildman–Crippen MR) is 101 cm³/mol. The fourth-order valence-electron chi connectivity index (χ4n) is 1.66. The Bertz CT molecular complexity index is 560. The normalized spacial score (nSPS) is 11.5. The lowest BCUT2D eigenvalue weighted by molar-refractivity contribution is 0.547. The van der Waals surface area contributed by atoms with Crippen LogP contribution in [-0.4, -0.2) is 5.88 Å². The Balaban J connectivity index is 0.000000224. The zero-order chi connectivity index (χ0) is 16.3. The van der Waals surface area contributed by atoms with Crippen LogP contribution < -0.4 is 0 Å². The van der Waals surface area contributed by atoms with Gasteiger partial charge in [-0.25, -0.2) is 0 Å². The monoisotopic (exact) mass is 312 g/mol. The first-order valence-corrected chi connectivity index (χ1v) is 8.06. The van der Waals surface area contributed by atoms with Gasteiger partial charge in [0.05, 0.1) is 0 Å². The first-order valence-electron chi connectivity index (χ1n) is 7.53. The van der Waals surface area contributed by atoms with Gasteiger partial charge in [0, 0.05) is 5.88 Å². The molecule has 0 aliphatic rings. The predicted octanol–water partition coefficient (Wildman–Crippen LogP) is 6.68. The molecule has 0 spiro atoms. The molecule has 0 amide bonds. The quantitative estimate of drug-likeness (QED) is 0.554. The van der Waals surface area contributed by atoms with Crippen LogP contribution in [0.1, 0.15) is 31.9 Å². The van der Waals surface area contributed by atoms with Gasteiger partial charge in [0.25, 0.3) is 0 Å². The van der Waals surface area contributed by atoms with Crippen molar-refractivity contribution in [3.63, 3.8) is 0 Å². The summed E-state index contributed by atoms with van der Waals surface area (Å²) in [5.41, 5.74) is 2.74. The van der Waals surface area contributed by atoms with Gasteiger partial charge in [-0.1, -0.05) is 106 Å². The van der Waals surface area contributed by atoms with Crippen LogP contribution in [-0.2, 0) is 0 Å². The van der Waals surface area contributed by atoms with Crippen molar-refractivity contribution in [1.82, 2.24) is 0 Å². The summed E-state index contributed by atoms with van der Waals surface area (Å²) in [7, 11) is 0. The van der Waals surface area contributed by atoms with Crippen molar-refractivity contribution in [3.8, 4) is 0 Å². The Morgan fingerprint density at radius 3 is 1.64 bits per heavy atom. The number of benzene rings is 2. The molecule has 0 N–H and O–H groups in total. The molecule has 2 aromatic rings. The first kappa shape index (κ1) is 18.3. The molecule has 0 fully saturated rings. The summed E-state index contributed by atoms with van der Waals surface area (Å²) in [4.78, 5) is 0. The van der Waals surface area contributed by atoms with Crippen LogP contribution in [0.4, 0.5) is 0 Å². The second-order valence-corrected chi connectivity index (χ2v) is 6.39. The van der Waals surface area contributed by atoms with Gasteiger partial charge >= 0.3 is 0 Å². The van der Waals surface area contributed by atoms with Crippen molar-refractivity contribution in [1.29, 1.82) is 0 Å². The molecule has 2 rings (SSSR count). The van der Waals surface area contributed by atoms with Crippen LogP contribution in [0.5, 0.6) is 0 Å². The number of hydrogen-bond acceptors (Lipinski definition) is 0. The maximum atomic E-state index is 5.46. The summed E-state index contributed by atoms with van der Waals surface area (Å²) in [6.07, 6.45) is 8.33. The Hall–Kier alpha value is -1.79. The average Bonchev–Trinajstić information content (AvgIpc) is 2.53. The van der Waals surface area contributed by atoms with Crippen molar-refractivity contribution in [2.24, 2.45) is 5.41 Å². The molecule has 116 valence electrons. The fraction of sp³-hybridized carbons (Fsp3) is 0.238. The molecule has 2 aromatic carbocycles. The third-order valence-corrected chi connectivity index (χ3v) is 2.95. The maximum Gasteiger partial charge on any atom is 0.0407 e. The van der Waals surface area contributed by atoms with E-state index < -0.39 is 0 Å². The molecule has 0 aromatic heterocycles. The SMILES string of the molecule is CC(C)(C)C=Cc1ccccc1.ClCC=Cc1ccccc1. The minimum atomic E-state index is 0.274. The zero-order valence-corrected chi connectivity index (χ0v) is 14.4. The lowest BCUT2D eigenvalue weighted by Crippen LogP contribution is -1.97. The molecule has 0 atom stereocenters. The summed E-state index contributed by atoms with van der Waals surface area (Å²) >= 11 is 5.46. The standard InChI is InChI=1S/C12H16.C9H9Cl/c1-12(2,3)10-9-11-7-5-4-6-8-11;10-8-4-7-9-5-2-1-3-6-9/h4-10H,1-3H3;1-7H,8H2. The highest BCUT2D eigenvalue weighted by Crippen LogP contribution is 2.16. The minimum absolute atomic E-state index is 0.274. The molecule has 1 heteroatoms. The van der Waals surface area contributed by atoms with E-state index in [-0.39, 0.29) is 5.41 Å². The lowest BCUT2D eigenvalue weighted by atomic mass is 9.95. The van der Waals surface area contributed by atoms with Crippen molar-refractivity contribution in [3.05, 3.63) is 83.9 Å². The van der Waals surface area contributed by atoms with Crippen LogP contribution in [0, 0.1) is 5.41 Å². The van der Waals surface area contributed by atoms with Crippen molar-refractivity contribution < 1.29 is 0 Å². The Morgan fingerprint density at radius 2 is 1.23 bits per heavy atom. The third kappa shape index (κ3) is 9.20. The number of alkyl halides is 1. The van der Waals surface area contributed by atoms with Gasteiger partial charge in [-0.3, -0.25) is 0 Å². The van der Waals surface area contributed by atoms with Gasteiger partial charge in [-0.15, -0.1) is 11.6 Å². The molecule has 0 saturated heterocycles. The fourth-order valence-corrected chi connectivity index (χ4v) is 1.74. The largest absolute Gasteiger partial charge is 0.122 e. The van der Waals surface area contributed by atoms with Crippen LogP contribution >= 0.6 is 11.6 Å². The van der Waals surface area contributed by atoms with E-state index in [1.54, 1.807) is 0 Å². The van der Waals surface area contributed by atoms with E-state index in [9.17, 15) is 0 Å². The summed E-state index contributed by atoms with van der Waals surface area (Å²) in [6.45, 7) is 6.60. The maximum absolute atomic E-state index is 5.46. The van der Waals surface area contributed by atoms with Gasteiger partial charge < -0.3 is 0 Å². The number of allylic oxidation sites excluding steroid dienone is 2. The molecule has 0 nitrogen and oxygen atoms in total. The van der Waals surface area contributed by atoms with E-state index in [2.05, 4.69) is 57.2 Å². The van der Waals surface area contributed by atoms with E-state index in [4.69, 9.17) is 11.6 Å². The number of hydrogen-bond donors (Lipinski definition) is 0. The first-order chi connectivity index (χ1) is 10.5. The Morgan fingerprint density at radius 1 is 0.773 bits per heavy atom. The molecule has 0 bridgehead atoms. The van der Waals surface area contributed by atoms with Crippen LogP contribution in [0.3, 0.4) is 0 Å². The van der Waals surface area contributed by atoms with Crippen LogP contribution in [0.25, 0.3) is 12.2 Å². The van der Waals surface area contributed by atoms with Crippen LogP contribution in [0.15, 0.2) is 72.8 Å². The highest BCUT2D eigenvalue weighted by atomic mass is 35.5. The lowest BCUT2D eigenvalue weighted by Gasteiger charge is -2.10. The molecular weight excluding hydrogens is 288 g/mol. The molecule has 0 aliphatic carbocycles. The second-order valence-electron chi connectivity index (χ2n) is 6.08. The Labute approximate surface area is 140 Å². The highest BCUT2D eigenvalue weighted by molar-refractivity contribution is 6.19. The minimum Gasteiger partial charge on any atom is -0.122 e. The summed E-state index contributed by atoms with van der Waals surface area (Å²) in [6, 6.07) is 20.5. The topological polar surface area (TPSA) is 0 Å². The van der Waals surface area contributed by atoms with Crippen molar-refractivity contribution in [2.45, 2.75) is 20.8 Å². The second kappa shape index (κ2) is 10.0. The van der Waals surface area contributed by atoms with E-state index in [0.717, 1.165) is 0 Å². The molecule has 0 saturated carbocycles. The smallest absolute Gasteiger partial charge is 0.0407 e. The summed E-state index contributed by atoms with van der Waals surface area (Å²) in [5.74, 6) is 0.578. The molecule has 0 unspecified atom stereocenters.